The van der Waals surface area contributed by atoms with Gasteiger partial charge in [0.05, 0.1) is 7.11 Å². The summed E-state index contributed by atoms with van der Waals surface area (Å²) >= 11 is 1.32. The lowest BCUT2D eigenvalue weighted by atomic mass is 9.87. The van der Waals surface area contributed by atoms with E-state index in [1.54, 1.807) is 7.11 Å². The molecule has 0 saturated heterocycles. The zero-order valence-electron chi connectivity index (χ0n) is 17.9. The van der Waals surface area contributed by atoms with E-state index in [2.05, 4.69) is 36.3 Å². The van der Waals surface area contributed by atoms with Crippen molar-refractivity contribution in [1.82, 2.24) is 10.2 Å². The summed E-state index contributed by atoms with van der Waals surface area (Å²) in [4.78, 5) is 12.7. The van der Waals surface area contributed by atoms with Gasteiger partial charge in [-0.1, -0.05) is 51.2 Å². The summed E-state index contributed by atoms with van der Waals surface area (Å²) in [5.74, 6) is 1.20. The number of rotatable bonds is 7. The predicted octanol–water partition coefficient (Wildman–Crippen LogP) is 5.31. The van der Waals surface area contributed by atoms with Crippen LogP contribution >= 0.6 is 11.3 Å². The zero-order chi connectivity index (χ0) is 21.7. The van der Waals surface area contributed by atoms with Crippen LogP contribution in [0.1, 0.15) is 39.7 Å². The van der Waals surface area contributed by atoms with E-state index in [0.717, 1.165) is 16.3 Å². The minimum absolute atomic E-state index is 0.0689. The number of carbonyl (C=O) groups excluding carboxylic acids is 1. The molecule has 0 bridgehead atoms. The molecule has 0 radical (unpaired) electrons. The van der Waals surface area contributed by atoms with E-state index in [1.165, 1.54) is 16.9 Å². The van der Waals surface area contributed by atoms with Crippen LogP contribution in [0.3, 0.4) is 0 Å². The van der Waals surface area contributed by atoms with Gasteiger partial charge >= 0.3 is 0 Å². The van der Waals surface area contributed by atoms with E-state index in [0.29, 0.717) is 17.3 Å². The molecule has 0 spiro atoms. The van der Waals surface area contributed by atoms with Crippen molar-refractivity contribution in [3.8, 4) is 22.1 Å². The molecule has 1 amide bonds. The Labute approximate surface area is 181 Å². The maximum Gasteiger partial charge on any atom is 0.267 e. The molecule has 0 saturated carbocycles. The molecule has 1 aromatic heterocycles. The average Bonchev–Trinajstić information content (AvgIpc) is 3.20. The maximum atomic E-state index is 12.7. The highest BCUT2D eigenvalue weighted by atomic mass is 32.1. The van der Waals surface area contributed by atoms with E-state index in [1.807, 2.05) is 55.5 Å². The van der Waals surface area contributed by atoms with Crippen LogP contribution in [0.2, 0.25) is 0 Å². The highest BCUT2D eigenvalue weighted by Gasteiger charge is 2.21. The Hall–Kier alpha value is -2.93. The van der Waals surface area contributed by atoms with Crippen LogP contribution in [-0.4, -0.2) is 29.3 Å². The second-order valence-electron chi connectivity index (χ2n) is 7.92. The van der Waals surface area contributed by atoms with Crippen molar-refractivity contribution in [2.45, 2.75) is 45.6 Å². The first-order chi connectivity index (χ1) is 14.3. The smallest absolute Gasteiger partial charge is 0.267 e. The quantitative estimate of drug-likeness (QED) is 0.555. The SMILES string of the molecule is CC[C@H](Oc1ccc(C(C)(C)C)cc1)C(=O)Nc1nnc(-c2ccc(OC)cc2)s1. The van der Waals surface area contributed by atoms with Gasteiger partial charge in [0, 0.05) is 5.56 Å². The van der Waals surface area contributed by atoms with E-state index < -0.39 is 6.10 Å². The molecule has 1 atom stereocenters. The predicted molar refractivity (Wildman–Crippen MR) is 120 cm³/mol. The molecule has 3 rings (SSSR count). The first-order valence-electron chi connectivity index (χ1n) is 9.86. The number of ether oxygens (including phenoxy) is 2. The van der Waals surface area contributed by atoms with Crippen LogP contribution in [0.25, 0.3) is 10.6 Å². The van der Waals surface area contributed by atoms with Gasteiger partial charge in [-0.15, -0.1) is 10.2 Å². The summed E-state index contributed by atoms with van der Waals surface area (Å²) in [6.07, 6.45) is -0.0735. The van der Waals surface area contributed by atoms with Crippen LogP contribution in [-0.2, 0) is 10.2 Å². The number of aromatic nitrogens is 2. The number of nitrogens with zero attached hydrogens (tertiary/aromatic N) is 2. The first kappa shape index (κ1) is 21.8. The number of nitrogens with one attached hydrogen (secondary N) is 1. The number of carbonyl (C=O) groups is 1. The van der Waals surface area contributed by atoms with Crippen molar-refractivity contribution in [3.63, 3.8) is 0 Å². The molecule has 6 nitrogen and oxygen atoms in total. The van der Waals surface area contributed by atoms with Gasteiger partial charge in [-0.05, 0) is 53.8 Å². The van der Waals surface area contributed by atoms with Gasteiger partial charge in [-0.2, -0.15) is 0 Å². The van der Waals surface area contributed by atoms with E-state index >= 15 is 0 Å². The third-order valence-corrected chi connectivity index (χ3v) is 5.54. The molecule has 0 fully saturated rings. The molecule has 1 N–H and O–H groups in total. The van der Waals surface area contributed by atoms with Gasteiger partial charge in [-0.3, -0.25) is 10.1 Å². The number of hydrogen-bond donors (Lipinski definition) is 1. The Bertz CT molecular complexity index is 976. The summed E-state index contributed by atoms with van der Waals surface area (Å²) in [7, 11) is 1.62. The Morgan fingerprint density at radius 2 is 1.67 bits per heavy atom. The fourth-order valence-corrected chi connectivity index (χ4v) is 3.58. The number of amides is 1. The topological polar surface area (TPSA) is 73.3 Å². The van der Waals surface area contributed by atoms with E-state index in [9.17, 15) is 4.79 Å². The Morgan fingerprint density at radius 1 is 1.03 bits per heavy atom. The molecule has 0 aliphatic carbocycles. The van der Waals surface area contributed by atoms with Crippen LogP contribution in [0.4, 0.5) is 5.13 Å². The van der Waals surface area contributed by atoms with Crippen molar-refractivity contribution in [3.05, 3.63) is 54.1 Å². The summed E-state index contributed by atoms with van der Waals surface area (Å²) in [5, 5.41) is 12.2. The summed E-state index contributed by atoms with van der Waals surface area (Å²) in [5.41, 5.74) is 2.20. The van der Waals surface area contributed by atoms with Crippen molar-refractivity contribution < 1.29 is 14.3 Å². The molecule has 0 aliphatic rings. The normalized spacial score (nSPS) is 12.3. The second kappa shape index (κ2) is 9.26. The third kappa shape index (κ3) is 5.36. The number of methoxy groups -OCH3 is 1. The van der Waals surface area contributed by atoms with Gasteiger partial charge in [0.15, 0.2) is 6.10 Å². The fraction of sp³-hybridized carbons (Fsp3) is 0.348. The lowest BCUT2D eigenvalue weighted by Gasteiger charge is -2.20. The van der Waals surface area contributed by atoms with Crippen molar-refractivity contribution in [1.29, 1.82) is 0 Å². The number of anilines is 1. The lowest BCUT2D eigenvalue weighted by Crippen LogP contribution is -2.32. The molecule has 158 valence electrons. The van der Waals surface area contributed by atoms with Gasteiger partial charge in [-0.25, -0.2) is 0 Å². The second-order valence-corrected chi connectivity index (χ2v) is 8.90. The zero-order valence-corrected chi connectivity index (χ0v) is 18.7. The summed E-state index contributed by atoms with van der Waals surface area (Å²) in [6, 6.07) is 15.4. The van der Waals surface area contributed by atoms with Crippen molar-refractivity contribution in [2.24, 2.45) is 0 Å². The molecular formula is C23H27N3O3S. The fourth-order valence-electron chi connectivity index (χ4n) is 2.83. The average molecular weight is 426 g/mol. The van der Waals surface area contributed by atoms with Crippen LogP contribution < -0.4 is 14.8 Å². The standard InChI is InChI=1S/C23H27N3O3S/c1-6-19(29-18-13-9-16(10-14-18)23(2,3)4)20(27)24-22-26-25-21(30-22)15-7-11-17(28-5)12-8-15/h7-14,19H,6H2,1-5H3,(H,24,26,27)/t19-/m0/s1. The highest BCUT2D eigenvalue weighted by Crippen LogP contribution is 2.28. The van der Waals surface area contributed by atoms with Crippen molar-refractivity contribution >= 4 is 22.4 Å². The summed E-state index contributed by atoms with van der Waals surface area (Å²) in [6.45, 7) is 8.39. The first-order valence-corrected chi connectivity index (χ1v) is 10.7. The number of benzene rings is 2. The Morgan fingerprint density at radius 3 is 2.23 bits per heavy atom. The molecular weight excluding hydrogens is 398 g/mol. The maximum absolute atomic E-state index is 12.7. The van der Waals surface area contributed by atoms with Crippen LogP contribution in [0.5, 0.6) is 11.5 Å². The highest BCUT2D eigenvalue weighted by molar-refractivity contribution is 7.18. The Balaban J connectivity index is 1.64. The van der Waals surface area contributed by atoms with Gasteiger partial charge in [0.1, 0.15) is 16.5 Å². The summed E-state index contributed by atoms with van der Waals surface area (Å²) < 4.78 is 11.1. The minimum atomic E-state index is -0.612. The third-order valence-electron chi connectivity index (χ3n) is 4.65. The van der Waals surface area contributed by atoms with E-state index in [4.69, 9.17) is 9.47 Å². The largest absolute Gasteiger partial charge is 0.497 e. The van der Waals surface area contributed by atoms with E-state index in [-0.39, 0.29) is 11.3 Å². The molecule has 7 heteroatoms. The number of hydrogen-bond acceptors (Lipinski definition) is 6. The molecule has 2 aromatic carbocycles. The molecule has 3 aromatic rings. The van der Waals surface area contributed by atoms with Gasteiger partial charge < -0.3 is 9.47 Å². The lowest BCUT2D eigenvalue weighted by molar-refractivity contribution is -0.122. The van der Waals surface area contributed by atoms with Gasteiger partial charge in [0.2, 0.25) is 5.13 Å². The minimum Gasteiger partial charge on any atom is -0.497 e. The monoisotopic (exact) mass is 425 g/mol. The molecule has 0 unspecified atom stereocenters. The van der Waals surface area contributed by atoms with Crippen molar-refractivity contribution in [2.75, 3.05) is 12.4 Å². The molecule has 0 aliphatic heterocycles. The van der Waals surface area contributed by atoms with Crippen LogP contribution in [0, 0.1) is 0 Å². The van der Waals surface area contributed by atoms with Gasteiger partial charge in [0.25, 0.3) is 5.91 Å². The van der Waals surface area contributed by atoms with Crippen LogP contribution in [0.15, 0.2) is 48.5 Å². The molecule has 30 heavy (non-hydrogen) atoms. The Kier molecular flexibility index (Phi) is 6.72. The molecule has 1 heterocycles.